The maximum absolute atomic E-state index is 11.8. The van der Waals surface area contributed by atoms with E-state index in [1.54, 1.807) is 4.90 Å². The van der Waals surface area contributed by atoms with Crippen LogP contribution in [0.1, 0.15) is 41.0 Å². The van der Waals surface area contributed by atoms with E-state index in [2.05, 4.69) is 26.1 Å². The lowest BCUT2D eigenvalue weighted by Crippen LogP contribution is -2.46. The van der Waals surface area contributed by atoms with Gasteiger partial charge in [-0.25, -0.2) is 0 Å². The maximum Gasteiger partial charge on any atom is 0.239 e. The second-order valence-corrected chi connectivity index (χ2v) is 4.77. The lowest BCUT2D eigenvalue weighted by molar-refractivity contribution is -0.131. The molecule has 0 aliphatic carbocycles. The highest BCUT2D eigenvalue weighted by atomic mass is 16.2. The van der Waals surface area contributed by atoms with Gasteiger partial charge in [-0.1, -0.05) is 13.8 Å². The Morgan fingerprint density at radius 1 is 1.27 bits per heavy atom. The number of carbonyl (C=O) groups excluding carboxylic acids is 1. The molecule has 0 aliphatic heterocycles. The van der Waals surface area contributed by atoms with E-state index in [9.17, 15) is 4.79 Å². The molecule has 0 spiro atoms. The normalized spacial score (nSPS) is 15.1. The van der Waals surface area contributed by atoms with Crippen molar-refractivity contribution in [1.29, 1.82) is 0 Å². The topological polar surface area (TPSA) is 32.3 Å². The fraction of sp³-hybridized carbons (Fsp3) is 0.917. The first-order valence-corrected chi connectivity index (χ1v) is 5.89. The second-order valence-electron chi connectivity index (χ2n) is 4.77. The van der Waals surface area contributed by atoms with Crippen LogP contribution in [0.15, 0.2) is 0 Å². The Morgan fingerprint density at radius 3 is 2.20 bits per heavy atom. The zero-order valence-electron chi connectivity index (χ0n) is 11.0. The van der Waals surface area contributed by atoms with Gasteiger partial charge in [-0.3, -0.25) is 4.79 Å². The lowest BCUT2D eigenvalue weighted by atomic mass is 10.0. The van der Waals surface area contributed by atoms with Crippen LogP contribution in [0.2, 0.25) is 0 Å². The van der Waals surface area contributed by atoms with E-state index in [1.807, 2.05) is 20.9 Å². The molecule has 3 nitrogen and oxygen atoms in total. The van der Waals surface area contributed by atoms with E-state index in [0.29, 0.717) is 12.0 Å². The predicted octanol–water partition coefficient (Wildman–Crippen LogP) is 1.88. The van der Waals surface area contributed by atoms with Gasteiger partial charge in [-0.15, -0.1) is 0 Å². The number of hydrogen-bond donors (Lipinski definition) is 1. The minimum Gasteiger partial charge on any atom is -0.345 e. The zero-order valence-corrected chi connectivity index (χ0v) is 11.0. The Balaban J connectivity index is 4.01. The lowest BCUT2D eigenvalue weighted by Gasteiger charge is -2.24. The van der Waals surface area contributed by atoms with Crippen molar-refractivity contribution >= 4 is 5.91 Å². The van der Waals surface area contributed by atoms with Crippen molar-refractivity contribution in [3.8, 4) is 0 Å². The molecule has 0 aromatic carbocycles. The Bertz CT molecular complexity index is 192. The summed E-state index contributed by atoms with van der Waals surface area (Å²) in [5.74, 6) is 0.840. The average molecular weight is 214 g/mol. The van der Waals surface area contributed by atoms with Crippen LogP contribution in [0.4, 0.5) is 0 Å². The first-order valence-electron chi connectivity index (χ1n) is 5.89. The summed E-state index contributed by atoms with van der Waals surface area (Å²) in [6.07, 6.45) is 1.10. The van der Waals surface area contributed by atoms with E-state index in [4.69, 9.17) is 0 Å². The van der Waals surface area contributed by atoms with Gasteiger partial charge in [0.15, 0.2) is 0 Å². The minimum absolute atomic E-state index is 0.0799. The fourth-order valence-corrected chi connectivity index (χ4v) is 1.76. The molecule has 3 heteroatoms. The number of nitrogens with zero attached hydrogens (tertiary/aromatic N) is 1. The van der Waals surface area contributed by atoms with Gasteiger partial charge in [0.05, 0.1) is 6.04 Å². The van der Waals surface area contributed by atoms with Crippen molar-refractivity contribution in [3.05, 3.63) is 0 Å². The highest BCUT2D eigenvalue weighted by Gasteiger charge is 2.18. The Labute approximate surface area is 94.2 Å². The Morgan fingerprint density at radius 2 is 1.80 bits per heavy atom. The van der Waals surface area contributed by atoms with Gasteiger partial charge in [-0.2, -0.15) is 0 Å². The van der Waals surface area contributed by atoms with E-state index in [-0.39, 0.29) is 11.9 Å². The molecule has 0 saturated carbocycles. The number of carbonyl (C=O) groups is 1. The molecule has 0 rings (SSSR count). The second kappa shape index (κ2) is 6.83. The van der Waals surface area contributed by atoms with Crippen LogP contribution in [-0.4, -0.2) is 36.5 Å². The monoisotopic (exact) mass is 214 g/mol. The molecule has 0 aromatic heterocycles. The van der Waals surface area contributed by atoms with Gasteiger partial charge >= 0.3 is 0 Å². The Kier molecular flexibility index (Phi) is 6.57. The van der Waals surface area contributed by atoms with E-state index in [1.165, 1.54) is 0 Å². The third-order valence-electron chi connectivity index (χ3n) is 2.58. The number of hydrogen-bond acceptors (Lipinski definition) is 2. The molecule has 0 heterocycles. The van der Waals surface area contributed by atoms with Crippen molar-refractivity contribution < 1.29 is 4.79 Å². The van der Waals surface area contributed by atoms with Crippen LogP contribution < -0.4 is 5.32 Å². The minimum atomic E-state index is -0.0799. The van der Waals surface area contributed by atoms with Crippen molar-refractivity contribution in [3.63, 3.8) is 0 Å². The maximum atomic E-state index is 11.8. The summed E-state index contributed by atoms with van der Waals surface area (Å²) < 4.78 is 0. The number of likely N-dealkylation sites (N-methyl/N-ethyl adjacent to an activating group) is 1. The highest BCUT2D eigenvalue weighted by Crippen LogP contribution is 2.05. The summed E-state index contributed by atoms with van der Waals surface area (Å²) >= 11 is 0. The molecular weight excluding hydrogens is 188 g/mol. The molecule has 0 aliphatic rings. The summed E-state index contributed by atoms with van der Waals surface area (Å²) in [4.78, 5) is 13.5. The first-order chi connectivity index (χ1) is 6.88. The van der Waals surface area contributed by atoms with Gasteiger partial charge in [0.25, 0.3) is 0 Å². The molecule has 0 fully saturated rings. The summed E-state index contributed by atoms with van der Waals surface area (Å²) in [5.41, 5.74) is 0. The predicted molar refractivity (Wildman–Crippen MR) is 64.8 cm³/mol. The van der Waals surface area contributed by atoms with Crippen LogP contribution >= 0.6 is 0 Å². The van der Waals surface area contributed by atoms with Crippen LogP contribution in [-0.2, 0) is 4.79 Å². The molecule has 0 aromatic rings. The molecular formula is C12H26N2O. The van der Waals surface area contributed by atoms with Gasteiger partial charge in [0.1, 0.15) is 0 Å². The van der Waals surface area contributed by atoms with Gasteiger partial charge in [0, 0.05) is 19.6 Å². The number of rotatable bonds is 6. The average Bonchev–Trinajstić information content (AvgIpc) is 2.13. The molecule has 90 valence electrons. The molecule has 0 radical (unpaired) electrons. The van der Waals surface area contributed by atoms with Gasteiger partial charge in [0.2, 0.25) is 5.91 Å². The summed E-state index contributed by atoms with van der Waals surface area (Å²) in [6.45, 7) is 11.2. The molecule has 1 amide bonds. The van der Waals surface area contributed by atoms with E-state index >= 15 is 0 Å². The fourth-order valence-electron chi connectivity index (χ4n) is 1.76. The Hall–Kier alpha value is -0.570. The smallest absolute Gasteiger partial charge is 0.239 e. The quantitative estimate of drug-likeness (QED) is 0.732. The van der Waals surface area contributed by atoms with Crippen LogP contribution in [0.25, 0.3) is 0 Å². The third-order valence-corrected chi connectivity index (χ3v) is 2.58. The van der Waals surface area contributed by atoms with Crippen molar-refractivity contribution in [2.24, 2.45) is 5.92 Å². The van der Waals surface area contributed by atoms with Crippen LogP contribution in [0, 0.1) is 5.92 Å². The molecule has 15 heavy (non-hydrogen) atoms. The van der Waals surface area contributed by atoms with Gasteiger partial charge in [-0.05, 0) is 33.1 Å². The molecule has 0 saturated heterocycles. The van der Waals surface area contributed by atoms with Gasteiger partial charge < -0.3 is 10.2 Å². The largest absolute Gasteiger partial charge is 0.345 e. The van der Waals surface area contributed by atoms with Crippen LogP contribution in [0.5, 0.6) is 0 Å². The molecule has 1 N–H and O–H groups in total. The number of amides is 1. The van der Waals surface area contributed by atoms with E-state index in [0.717, 1.165) is 13.0 Å². The molecule has 2 atom stereocenters. The summed E-state index contributed by atoms with van der Waals surface area (Å²) in [5, 5.41) is 3.33. The van der Waals surface area contributed by atoms with Crippen LogP contribution in [0.3, 0.4) is 0 Å². The first kappa shape index (κ1) is 14.4. The number of nitrogens with one attached hydrogen (secondary N) is 1. The molecule has 0 bridgehead atoms. The molecule has 2 unspecified atom stereocenters. The summed E-state index contributed by atoms with van der Waals surface area (Å²) in [6, 6.07) is 0.318. The SMILES string of the molecule is CCN(C)C(=O)C(C)NC(C)CC(C)C. The zero-order chi connectivity index (χ0) is 12.0. The van der Waals surface area contributed by atoms with Crippen molar-refractivity contribution in [1.82, 2.24) is 10.2 Å². The van der Waals surface area contributed by atoms with Crippen molar-refractivity contribution in [2.45, 2.75) is 53.1 Å². The standard InChI is InChI=1S/C12H26N2O/c1-7-14(6)12(15)11(5)13-10(4)8-9(2)3/h9-11,13H,7-8H2,1-6H3. The van der Waals surface area contributed by atoms with E-state index < -0.39 is 0 Å². The van der Waals surface area contributed by atoms with Crippen molar-refractivity contribution in [2.75, 3.05) is 13.6 Å². The highest BCUT2D eigenvalue weighted by molar-refractivity contribution is 5.81. The summed E-state index contributed by atoms with van der Waals surface area (Å²) in [7, 11) is 1.84. The third kappa shape index (κ3) is 5.78.